The summed E-state index contributed by atoms with van der Waals surface area (Å²) in [5.74, 6) is 0.972. The minimum atomic E-state index is -0.375. The highest BCUT2D eigenvalue weighted by molar-refractivity contribution is 9.10. The first kappa shape index (κ1) is 11.5. The molecule has 5 heteroatoms. The maximum Gasteiger partial charge on any atom is 0.284 e. The standard InChI is InChI=1S/C9H10BrNO2S/c1-2-6-14-8-5-3-4-7(9(8)10)11(12)13/h3-5H,2,6H2,1H3. The van der Waals surface area contributed by atoms with Gasteiger partial charge in [0.25, 0.3) is 5.69 Å². The summed E-state index contributed by atoms with van der Waals surface area (Å²) in [6, 6.07) is 5.10. The molecule has 0 heterocycles. The number of nitro groups is 1. The van der Waals surface area contributed by atoms with Gasteiger partial charge < -0.3 is 0 Å². The van der Waals surface area contributed by atoms with Gasteiger partial charge >= 0.3 is 0 Å². The van der Waals surface area contributed by atoms with E-state index in [0.717, 1.165) is 17.1 Å². The van der Waals surface area contributed by atoms with Gasteiger partial charge in [-0.1, -0.05) is 13.0 Å². The van der Waals surface area contributed by atoms with E-state index in [1.807, 2.05) is 6.07 Å². The Morgan fingerprint density at radius 3 is 2.86 bits per heavy atom. The maximum absolute atomic E-state index is 10.6. The summed E-state index contributed by atoms with van der Waals surface area (Å²) >= 11 is 4.88. The van der Waals surface area contributed by atoms with Crippen molar-refractivity contribution in [3.8, 4) is 0 Å². The van der Waals surface area contributed by atoms with Crippen LogP contribution in [0.25, 0.3) is 0 Å². The van der Waals surface area contributed by atoms with Crippen LogP contribution >= 0.6 is 27.7 Å². The minimum absolute atomic E-state index is 0.131. The first-order valence-corrected chi connectivity index (χ1v) is 6.00. The van der Waals surface area contributed by atoms with E-state index in [4.69, 9.17) is 0 Å². The van der Waals surface area contributed by atoms with E-state index in [1.165, 1.54) is 6.07 Å². The fraction of sp³-hybridized carbons (Fsp3) is 0.333. The molecule has 0 radical (unpaired) electrons. The third-order valence-corrected chi connectivity index (χ3v) is 3.96. The Kier molecular flexibility index (Phi) is 4.41. The van der Waals surface area contributed by atoms with E-state index in [1.54, 1.807) is 17.8 Å². The van der Waals surface area contributed by atoms with Gasteiger partial charge in [-0.3, -0.25) is 10.1 Å². The Hall–Kier alpha value is -0.550. The number of rotatable bonds is 4. The van der Waals surface area contributed by atoms with Crippen LogP contribution in [0.5, 0.6) is 0 Å². The first-order valence-electron chi connectivity index (χ1n) is 4.22. The van der Waals surface area contributed by atoms with Crippen LogP contribution in [-0.4, -0.2) is 10.7 Å². The summed E-state index contributed by atoms with van der Waals surface area (Å²) in [5.41, 5.74) is 0.131. The Labute approximate surface area is 95.2 Å². The van der Waals surface area contributed by atoms with Crippen LogP contribution in [0.3, 0.4) is 0 Å². The number of hydrogen-bond donors (Lipinski definition) is 0. The number of thioether (sulfide) groups is 1. The lowest BCUT2D eigenvalue weighted by Crippen LogP contribution is -1.90. The second kappa shape index (κ2) is 5.36. The topological polar surface area (TPSA) is 43.1 Å². The van der Waals surface area contributed by atoms with Crippen molar-refractivity contribution in [2.24, 2.45) is 0 Å². The van der Waals surface area contributed by atoms with Crippen molar-refractivity contribution >= 4 is 33.4 Å². The third-order valence-electron chi connectivity index (χ3n) is 1.60. The van der Waals surface area contributed by atoms with E-state index >= 15 is 0 Å². The quantitative estimate of drug-likeness (QED) is 0.476. The minimum Gasteiger partial charge on any atom is -0.258 e. The molecule has 0 unspecified atom stereocenters. The Morgan fingerprint density at radius 1 is 1.57 bits per heavy atom. The average molecular weight is 276 g/mol. The van der Waals surface area contributed by atoms with E-state index in [2.05, 4.69) is 22.9 Å². The fourth-order valence-electron chi connectivity index (χ4n) is 0.964. The lowest BCUT2D eigenvalue weighted by atomic mass is 10.3. The van der Waals surface area contributed by atoms with Gasteiger partial charge in [-0.05, 0) is 34.2 Å². The van der Waals surface area contributed by atoms with Gasteiger partial charge in [0.2, 0.25) is 0 Å². The Bertz CT molecular complexity index is 344. The molecular formula is C9H10BrNO2S. The highest BCUT2D eigenvalue weighted by Gasteiger charge is 2.14. The second-order valence-electron chi connectivity index (χ2n) is 2.69. The number of halogens is 1. The molecule has 76 valence electrons. The van der Waals surface area contributed by atoms with Gasteiger partial charge in [0.1, 0.15) is 4.47 Å². The molecule has 0 amide bonds. The third kappa shape index (κ3) is 2.72. The van der Waals surface area contributed by atoms with Crippen LogP contribution in [-0.2, 0) is 0 Å². The highest BCUT2D eigenvalue weighted by Crippen LogP contribution is 2.34. The molecule has 0 atom stereocenters. The lowest BCUT2D eigenvalue weighted by molar-refractivity contribution is -0.385. The van der Waals surface area contributed by atoms with Crippen molar-refractivity contribution in [3.63, 3.8) is 0 Å². The van der Waals surface area contributed by atoms with Crippen LogP contribution in [0.4, 0.5) is 5.69 Å². The number of nitrogens with zero attached hydrogens (tertiary/aromatic N) is 1. The van der Waals surface area contributed by atoms with Crippen molar-refractivity contribution in [1.82, 2.24) is 0 Å². The molecule has 0 aliphatic heterocycles. The molecule has 3 nitrogen and oxygen atoms in total. The van der Waals surface area contributed by atoms with Gasteiger partial charge in [-0.25, -0.2) is 0 Å². The molecule has 0 aliphatic rings. The van der Waals surface area contributed by atoms with Gasteiger partial charge in [-0.15, -0.1) is 11.8 Å². The number of nitro benzene ring substituents is 1. The van der Waals surface area contributed by atoms with Gasteiger partial charge in [0, 0.05) is 11.0 Å². The zero-order valence-electron chi connectivity index (χ0n) is 7.70. The zero-order chi connectivity index (χ0) is 10.6. The molecule has 0 saturated carbocycles. The van der Waals surface area contributed by atoms with E-state index in [-0.39, 0.29) is 10.6 Å². The van der Waals surface area contributed by atoms with Crippen LogP contribution in [0.15, 0.2) is 27.6 Å². The molecule has 1 aromatic carbocycles. The molecule has 0 N–H and O–H groups in total. The maximum atomic E-state index is 10.6. The van der Waals surface area contributed by atoms with E-state index in [0.29, 0.717) is 4.47 Å². The second-order valence-corrected chi connectivity index (χ2v) is 4.62. The van der Waals surface area contributed by atoms with Crippen molar-refractivity contribution in [3.05, 3.63) is 32.8 Å². The summed E-state index contributed by atoms with van der Waals surface area (Å²) in [7, 11) is 0. The largest absolute Gasteiger partial charge is 0.284 e. The van der Waals surface area contributed by atoms with Gasteiger partial charge in [0.05, 0.1) is 4.92 Å². The molecule has 0 bridgehead atoms. The van der Waals surface area contributed by atoms with Crippen molar-refractivity contribution in [2.75, 3.05) is 5.75 Å². The molecule has 1 rings (SSSR count). The summed E-state index contributed by atoms with van der Waals surface area (Å²) in [6.07, 6.45) is 1.06. The zero-order valence-corrected chi connectivity index (χ0v) is 10.1. The fourth-order valence-corrected chi connectivity index (χ4v) is 2.55. The molecule has 0 saturated heterocycles. The number of hydrogen-bond acceptors (Lipinski definition) is 3. The summed E-state index contributed by atoms with van der Waals surface area (Å²) < 4.78 is 0.587. The Morgan fingerprint density at radius 2 is 2.29 bits per heavy atom. The average Bonchev–Trinajstić information content (AvgIpc) is 2.16. The Balaban J connectivity index is 2.95. The van der Waals surface area contributed by atoms with E-state index in [9.17, 15) is 10.1 Å². The van der Waals surface area contributed by atoms with Gasteiger partial charge in [0.15, 0.2) is 0 Å². The molecule has 0 fully saturated rings. The molecule has 1 aromatic rings. The predicted octanol–water partition coefficient (Wildman–Crippen LogP) is 3.86. The summed E-state index contributed by atoms with van der Waals surface area (Å²) in [4.78, 5) is 11.2. The van der Waals surface area contributed by atoms with Crippen LogP contribution < -0.4 is 0 Å². The summed E-state index contributed by atoms with van der Waals surface area (Å²) in [5, 5.41) is 10.6. The molecular weight excluding hydrogens is 266 g/mol. The predicted molar refractivity (Wildman–Crippen MR) is 61.8 cm³/mol. The number of benzene rings is 1. The normalized spacial score (nSPS) is 10.1. The van der Waals surface area contributed by atoms with E-state index < -0.39 is 0 Å². The van der Waals surface area contributed by atoms with Crippen molar-refractivity contribution < 1.29 is 4.92 Å². The highest BCUT2D eigenvalue weighted by atomic mass is 79.9. The van der Waals surface area contributed by atoms with Crippen LogP contribution in [0, 0.1) is 10.1 Å². The van der Waals surface area contributed by atoms with Crippen LogP contribution in [0.1, 0.15) is 13.3 Å². The smallest absolute Gasteiger partial charge is 0.258 e. The van der Waals surface area contributed by atoms with Gasteiger partial charge in [-0.2, -0.15) is 0 Å². The molecule has 0 aliphatic carbocycles. The molecule has 0 aromatic heterocycles. The SMILES string of the molecule is CCCSc1cccc([N+](=O)[O-])c1Br. The lowest BCUT2D eigenvalue weighted by Gasteiger charge is -2.02. The van der Waals surface area contributed by atoms with Crippen molar-refractivity contribution in [2.45, 2.75) is 18.2 Å². The summed E-state index contributed by atoms with van der Waals surface area (Å²) in [6.45, 7) is 2.08. The monoisotopic (exact) mass is 275 g/mol. The molecule has 0 spiro atoms. The molecule has 14 heavy (non-hydrogen) atoms. The van der Waals surface area contributed by atoms with Crippen LogP contribution in [0.2, 0.25) is 0 Å². The van der Waals surface area contributed by atoms with Crippen molar-refractivity contribution in [1.29, 1.82) is 0 Å². The first-order chi connectivity index (χ1) is 6.66.